The van der Waals surface area contributed by atoms with Crippen LogP contribution < -0.4 is 9.47 Å². The molecule has 0 aliphatic heterocycles. The molecule has 0 fully saturated rings. The molecule has 7 nitrogen and oxygen atoms in total. The molecule has 2 rings (SSSR count). The number of esters is 2. The molecule has 0 aromatic heterocycles. The molecule has 9 heteroatoms. The Morgan fingerprint density at radius 2 is 1.66 bits per heavy atom. The highest BCUT2D eigenvalue weighted by Gasteiger charge is 2.47. The van der Waals surface area contributed by atoms with Crippen LogP contribution in [0.3, 0.4) is 0 Å². The molecule has 0 saturated heterocycles. The number of ether oxygens (including phenoxy) is 5. The SMILES string of the molecule is CCCC(CCc1ccc(Sc2cc(OCC)ccc2OCOC)cc1Cl)(C(=O)OC)C(=O)OC. The molecule has 2 aromatic carbocycles. The van der Waals surface area contributed by atoms with Crippen molar-refractivity contribution in [2.45, 2.75) is 49.3 Å². The van der Waals surface area contributed by atoms with E-state index in [0.717, 1.165) is 21.1 Å². The van der Waals surface area contributed by atoms with E-state index in [0.29, 0.717) is 36.6 Å². The number of hydrogen-bond donors (Lipinski definition) is 0. The number of carbonyl (C=O) groups excluding carboxylic acids is 2. The highest BCUT2D eigenvalue weighted by Crippen LogP contribution is 2.40. The fraction of sp³-hybridized carbons (Fsp3) is 0.462. The van der Waals surface area contributed by atoms with Gasteiger partial charge in [0.15, 0.2) is 12.2 Å². The van der Waals surface area contributed by atoms with Gasteiger partial charge in [-0.15, -0.1) is 0 Å². The van der Waals surface area contributed by atoms with Crippen LogP contribution in [-0.2, 0) is 30.2 Å². The van der Waals surface area contributed by atoms with Gasteiger partial charge >= 0.3 is 11.9 Å². The predicted molar refractivity (Wildman–Crippen MR) is 135 cm³/mol. The molecular formula is C26H33ClO7S. The van der Waals surface area contributed by atoms with Crippen molar-refractivity contribution in [3.05, 3.63) is 47.0 Å². The summed E-state index contributed by atoms with van der Waals surface area (Å²) in [6, 6.07) is 11.3. The second-order valence-electron chi connectivity index (χ2n) is 7.76. The number of benzene rings is 2. The van der Waals surface area contributed by atoms with Crippen LogP contribution in [0.4, 0.5) is 0 Å². The smallest absolute Gasteiger partial charge is 0.323 e. The lowest BCUT2D eigenvalue weighted by Crippen LogP contribution is -2.41. The third-order valence-corrected chi connectivity index (χ3v) is 6.84. The highest BCUT2D eigenvalue weighted by atomic mass is 35.5. The van der Waals surface area contributed by atoms with Crippen molar-refractivity contribution in [2.75, 3.05) is 34.7 Å². The molecule has 0 unspecified atom stereocenters. The van der Waals surface area contributed by atoms with Crippen LogP contribution in [0.1, 0.15) is 38.7 Å². The van der Waals surface area contributed by atoms with Crippen molar-refractivity contribution < 1.29 is 33.3 Å². The lowest BCUT2D eigenvalue weighted by atomic mass is 9.78. The van der Waals surface area contributed by atoms with E-state index in [2.05, 4.69) is 0 Å². The van der Waals surface area contributed by atoms with Gasteiger partial charge in [0.2, 0.25) is 0 Å². The van der Waals surface area contributed by atoms with E-state index in [4.69, 9.17) is 35.3 Å². The molecule has 0 amide bonds. The minimum Gasteiger partial charge on any atom is -0.494 e. The quantitative estimate of drug-likeness (QED) is 0.171. The Morgan fingerprint density at radius 3 is 2.23 bits per heavy atom. The fourth-order valence-corrected chi connectivity index (χ4v) is 5.08. The van der Waals surface area contributed by atoms with Gasteiger partial charge < -0.3 is 23.7 Å². The molecule has 35 heavy (non-hydrogen) atoms. The standard InChI is InChI=1S/C26H33ClO7S/c1-6-13-26(24(28)31-4,25(29)32-5)14-12-18-8-10-20(16-21(18)27)35-23-15-19(33-7-2)9-11-22(23)34-17-30-3/h8-11,15-16H,6-7,12-14,17H2,1-5H3. The number of methoxy groups -OCH3 is 3. The first-order valence-electron chi connectivity index (χ1n) is 11.4. The van der Waals surface area contributed by atoms with Gasteiger partial charge in [-0.1, -0.05) is 42.8 Å². The first kappa shape index (κ1) is 28.8. The third kappa shape index (κ3) is 7.53. The maximum Gasteiger partial charge on any atom is 0.323 e. The highest BCUT2D eigenvalue weighted by molar-refractivity contribution is 7.99. The monoisotopic (exact) mass is 524 g/mol. The van der Waals surface area contributed by atoms with Crippen molar-refractivity contribution in [1.29, 1.82) is 0 Å². The Balaban J connectivity index is 2.26. The summed E-state index contributed by atoms with van der Waals surface area (Å²) in [5.41, 5.74) is -0.536. The Labute approximate surface area is 216 Å². The van der Waals surface area contributed by atoms with E-state index in [-0.39, 0.29) is 13.2 Å². The van der Waals surface area contributed by atoms with Crippen molar-refractivity contribution in [3.8, 4) is 11.5 Å². The lowest BCUT2D eigenvalue weighted by molar-refractivity contribution is -0.170. The number of carbonyl (C=O) groups is 2. The van der Waals surface area contributed by atoms with Crippen molar-refractivity contribution >= 4 is 35.3 Å². The molecular weight excluding hydrogens is 492 g/mol. The van der Waals surface area contributed by atoms with Crippen LogP contribution >= 0.6 is 23.4 Å². The van der Waals surface area contributed by atoms with Gasteiger partial charge in [-0.2, -0.15) is 0 Å². The summed E-state index contributed by atoms with van der Waals surface area (Å²) in [6.45, 7) is 4.52. The van der Waals surface area contributed by atoms with Crippen molar-refractivity contribution in [3.63, 3.8) is 0 Å². The van der Waals surface area contributed by atoms with E-state index in [1.54, 1.807) is 7.11 Å². The summed E-state index contributed by atoms with van der Waals surface area (Å²) in [4.78, 5) is 26.9. The molecule has 0 radical (unpaired) electrons. The van der Waals surface area contributed by atoms with Crippen molar-refractivity contribution in [1.82, 2.24) is 0 Å². The van der Waals surface area contributed by atoms with Gasteiger partial charge in [0.25, 0.3) is 0 Å². The molecule has 0 heterocycles. The molecule has 0 aliphatic carbocycles. The van der Waals surface area contributed by atoms with E-state index < -0.39 is 17.4 Å². The van der Waals surface area contributed by atoms with E-state index in [1.807, 2.05) is 50.2 Å². The minimum atomic E-state index is -1.36. The van der Waals surface area contributed by atoms with Crippen molar-refractivity contribution in [2.24, 2.45) is 5.41 Å². The van der Waals surface area contributed by atoms with Gasteiger partial charge in [-0.25, -0.2) is 0 Å². The maximum absolute atomic E-state index is 12.6. The second-order valence-corrected chi connectivity index (χ2v) is 9.29. The maximum atomic E-state index is 12.6. The molecule has 0 spiro atoms. The van der Waals surface area contributed by atoms with Gasteiger partial charge in [0, 0.05) is 17.0 Å². The largest absolute Gasteiger partial charge is 0.494 e. The third-order valence-electron chi connectivity index (χ3n) is 5.46. The van der Waals surface area contributed by atoms with Gasteiger partial charge in [-0.05, 0) is 62.1 Å². The summed E-state index contributed by atoms with van der Waals surface area (Å²) in [5.74, 6) is 0.223. The number of rotatable bonds is 14. The first-order valence-corrected chi connectivity index (χ1v) is 12.6. The number of hydrogen-bond acceptors (Lipinski definition) is 8. The summed E-state index contributed by atoms with van der Waals surface area (Å²) < 4.78 is 26.3. The fourth-order valence-electron chi connectivity index (χ4n) is 3.77. The molecule has 0 aliphatic rings. The van der Waals surface area contributed by atoms with Crippen LogP contribution in [0, 0.1) is 5.41 Å². The molecule has 0 N–H and O–H groups in total. The summed E-state index contributed by atoms with van der Waals surface area (Å²) in [6.07, 6.45) is 1.61. The first-order chi connectivity index (χ1) is 16.8. The molecule has 2 aromatic rings. The summed E-state index contributed by atoms with van der Waals surface area (Å²) >= 11 is 8.09. The second kappa shape index (κ2) is 14.2. The summed E-state index contributed by atoms with van der Waals surface area (Å²) in [5, 5.41) is 0.537. The van der Waals surface area contributed by atoms with Crippen LogP contribution in [0.2, 0.25) is 5.02 Å². The zero-order valence-corrected chi connectivity index (χ0v) is 22.4. The zero-order chi connectivity index (χ0) is 25.8. The molecule has 0 bridgehead atoms. The number of halogens is 1. The summed E-state index contributed by atoms with van der Waals surface area (Å²) in [7, 11) is 4.12. The van der Waals surface area contributed by atoms with E-state index >= 15 is 0 Å². The topological polar surface area (TPSA) is 80.3 Å². The normalized spacial score (nSPS) is 11.1. The average molecular weight is 525 g/mol. The molecule has 0 saturated carbocycles. The minimum absolute atomic E-state index is 0.126. The zero-order valence-electron chi connectivity index (χ0n) is 20.9. The van der Waals surface area contributed by atoms with E-state index in [1.165, 1.54) is 26.0 Å². The Kier molecular flexibility index (Phi) is 11.7. The van der Waals surface area contributed by atoms with Gasteiger partial charge in [-0.3, -0.25) is 9.59 Å². The van der Waals surface area contributed by atoms with Crippen LogP contribution in [0.5, 0.6) is 11.5 Å². The Bertz CT molecular complexity index is 980. The molecule has 0 atom stereocenters. The van der Waals surface area contributed by atoms with Crippen LogP contribution in [0.15, 0.2) is 46.2 Å². The Hall–Kier alpha value is -2.42. The lowest BCUT2D eigenvalue weighted by Gasteiger charge is -2.28. The molecule has 192 valence electrons. The van der Waals surface area contributed by atoms with Crippen LogP contribution in [-0.4, -0.2) is 46.7 Å². The van der Waals surface area contributed by atoms with Crippen LogP contribution in [0.25, 0.3) is 0 Å². The van der Waals surface area contributed by atoms with E-state index in [9.17, 15) is 9.59 Å². The number of aryl methyl sites for hydroxylation is 1. The Morgan fingerprint density at radius 1 is 0.943 bits per heavy atom. The van der Waals surface area contributed by atoms with Gasteiger partial charge in [0.1, 0.15) is 11.5 Å². The van der Waals surface area contributed by atoms with Gasteiger partial charge in [0.05, 0.1) is 25.7 Å². The average Bonchev–Trinajstić information content (AvgIpc) is 2.86. The predicted octanol–water partition coefficient (Wildman–Crippen LogP) is 5.94.